The molecule has 0 aliphatic heterocycles. The summed E-state index contributed by atoms with van der Waals surface area (Å²) in [6.45, 7) is 10.00. The summed E-state index contributed by atoms with van der Waals surface area (Å²) in [4.78, 5) is 5.22. The molecule has 0 radical (unpaired) electrons. The highest BCUT2D eigenvalue weighted by Crippen LogP contribution is 2.47. The number of benzene rings is 1. The molecule has 2 aromatic rings. The molecule has 1 N–H and O–H groups in total. The summed E-state index contributed by atoms with van der Waals surface area (Å²) in [6, 6.07) is 7.19. The number of hydrogen-bond acceptors (Lipinski definition) is 3. The van der Waals surface area contributed by atoms with Gasteiger partial charge in [0.15, 0.2) is 0 Å². The van der Waals surface area contributed by atoms with Crippen LogP contribution in [0, 0.1) is 5.92 Å². The van der Waals surface area contributed by atoms with E-state index in [0.29, 0.717) is 12.5 Å². The third-order valence-corrected chi connectivity index (χ3v) is 10.4. The minimum absolute atomic E-state index is 0.246. The Balaban J connectivity index is 1.30. The van der Waals surface area contributed by atoms with Crippen LogP contribution in [0.15, 0.2) is 23.6 Å². The molecule has 0 bridgehead atoms. The summed E-state index contributed by atoms with van der Waals surface area (Å²) < 4.78 is 0. The van der Waals surface area contributed by atoms with Crippen LogP contribution in [0.1, 0.15) is 146 Å². The fourth-order valence-corrected chi connectivity index (χ4v) is 7.70. The number of nitrogens with zero attached hydrogens (tertiary/aromatic N) is 1. The zero-order valence-electron chi connectivity index (χ0n) is 23.6. The molecular formula is C33H51NOS. The van der Waals surface area contributed by atoms with Crippen LogP contribution < -0.4 is 0 Å². The van der Waals surface area contributed by atoms with E-state index >= 15 is 0 Å². The molecule has 0 amide bonds. The molecule has 36 heavy (non-hydrogen) atoms. The van der Waals surface area contributed by atoms with Crippen LogP contribution >= 0.6 is 11.3 Å². The first-order chi connectivity index (χ1) is 17.3. The van der Waals surface area contributed by atoms with Crippen molar-refractivity contribution in [2.75, 3.05) is 6.61 Å². The van der Waals surface area contributed by atoms with E-state index in [2.05, 4.69) is 51.3 Å². The molecule has 2 aliphatic rings. The van der Waals surface area contributed by atoms with Crippen molar-refractivity contribution in [3.05, 3.63) is 39.7 Å². The zero-order valence-corrected chi connectivity index (χ0v) is 24.4. The molecule has 1 heterocycles. The van der Waals surface area contributed by atoms with Gasteiger partial charge in [-0.3, -0.25) is 0 Å². The van der Waals surface area contributed by atoms with Crippen molar-refractivity contribution in [2.45, 2.75) is 141 Å². The summed E-state index contributed by atoms with van der Waals surface area (Å²) >= 11 is 1.90. The van der Waals surface area contributed by atoms with Crippen molar-refractivity contribution in [2.24, 2.45) is 5.92 Å². The number of thiazole rings is 1. The molecule has 0 spiro atoms. The number of rotatable bonds is 11. The first-order valence-electron chi connectivity index (χ1n) is 15.0. The number of aliphatic hydroxyl groups is 1. The molecule has 4 rings (SSSR count). The molecule has 0 saturated heterocycles. The number of aromatic nitrogens is 1. The first-order valence-corrected chi connectivity index (χ1v) is 15.9. The highest BCUT2D eigenvalue weighted by molar-refractivity contribution is 7.10. The van der Waals surface area contributed by atoms with E-state index in [4.69, 9.17) is 10.1 Å². The van der Waals surface area contributed by atoms with Crippen molar-refractivity contribution < 1.29 is 5.11 Å². The molecule has 2 unspecified atom stereocenters. The second-order valence-corrected chi connectivity index (χ2v) is 14.0. The van der Waals surface area contributed by atoms with Crippen LogP contribution in [-0.2, 0) is 10.8 Å². The van der Waals surface area contributed by atoms with Crippen molar-refractivity contribution in [3.63, 3.8) is 0 Å². The Labute approximate surface area is 225 Å². The lowest BCUT2D eigenvalue weighted by atomic mass is 9.63. The largest absolute Gasteiger partial charge is 0.396 e. The topological polar surface area (TPSA) is 33.1 Å². The van der Waals surface area contributed by atoms with Gasteiger partial charge in [0.25, 0.3) is 0 Å². The number of aliphatic hydroxyl groups excluding tert-OH is 1. The predicted molar refractivity (Wildman–Crippen MR) is 156 cm³/mol. The van der Waals surface area contributed by atoms with Crippen molar-refractivity contribution in [1.82, 2.24) is 4.98 Å². The van der Waals surface area contributed by atoms with Crippen LogP contribution in [0.3, 0.4) is 0 Å². The van der Waals surface area contributed by atoms with Gasteiger partial charge in [-0.25, -0.2) is 4.98 Å². The van der Waals surface area contributed by atoms with Gasteiger partial charge in [-0.2, -0.15) is 0 Å². The molecule has 2 aliphatic carbocycles. The second kappa shape index (κ2) is 12.6. The minimum Gasteiger partial charge on any atom is -0.396 e. The Kier molecular flexibility index (Phi) is 9.72. The Morgan fingerprint density at radius 1 is 0.833 bits per heavy atom. The van der Waals surface area contributed by atoms with E-state index in [1.54, 1.807) is 0 Å². The van der Waals surface area contributed by atoms with Gasteiger partial charge in [0.2, 0.25) is 0 Å². The van der Waals surface area contributed by atoms with Crippen LogP contribution in [-0.4, -0.2) is 16.7 Å². The van der Waals surface area contributed by atoms with Crippen molar-refractivity contribution >= 4 is 11.3 Å². The maximum atomic E-state index is 8.89. The molecule has 1 saturated carbocycles. The molecule has 1 fully saturated rings. The van der Waals surface area contributed by atoms with Gasteiger partial charge in [0, 0.05) is 23.5 Å². The summed E-state index contributed by atoms with van der Waals surface area (Å²) in [5, 5.41) is 12.6. The molecule has 2 atom stereocenters. The third kappa shape index (κ3) is 7.01. The average Bonchev–Trinajstić information content (AvgIpc) is 3.23. The minimum atomic E-state index is 0.246. The summed E-state index contributed by atoms with van der Waals surface area (Å²) in [5.74, 6) is 1.59. The number of hydrogen-bond donors (Lipinski definition) is 1. The van der Waals surface area contributed by atoms with E-state index in [1.165, 1.54) is 117 Å². The molecule has 1 aromatic carbocycles. The van der Waals surface area contributed by atoms with Gasteiger partial charge in [-0.05, 0) is 72.5 Å². The van der Waals surface area contributed by atoms with Gasteiger partial charge < -0.3 is 5.11 Å². The predicted octanol–water partition coefficient (Wildman–Crippen LogP) is 9.94. The average molecular weight is 510 g/mol. The fraction of sp³-hybridized carbons (Fsp3) is 0.727. The van der Waals surface area contributed by atoms with Crippen molar-refractivity contribution in [3.8, 4) is 11.3 Å². The lowest BCUT2D eigenvalue weighted by Crippen LogP contribution is -2.33. The Bertz CT molecular complexity index is 958. The highest BCUT2D eigenvalue weighted by Gasteiger charge is 2.37. The van der Waals surface area contributed by atoms with Gasteiger partial charge in [0.05, 0.1) is 10.7 Å². The van der Waals surface area contributed by atoms with E-state index in [-0.39, 0.29) is 10.8 Å². The van der Waals surface area contributed by atoms with Gasteiger partial charge in [-0.1, -0.05) is 97.6 Å². The lowest BCUT2D eigenvalue weighted by Gasteiger charge is -2.42. The van der Waals surface area contributed by atoms with Gasteiger partial charge in [-0.15, -0.1) is 11.3 Å². The number of fused-ring (bicyclic) bond motifs is 1. The molecule has 1 aromatic heterocycles. The Hall–Kier alpha value is -1.19. The van der Waals surface area contributed by atoms with Gasteiger partial charge >= 0.3 is 0 Å². The van der Waals surface area contributed by atoms with Crippen LogP contribution in [0.25, 0.3) is 11.3 Å². The lowest BCUT2D eigenvalue weighted by molar-refractivity contribution is 0.282. The first kappa shape index (κ1) is 27.8. The van der Waals surface area contributed by atoms with Crippen LogP contribution in [0.4, 0.5) is 0 Å². The van der Waals surface area contributed by atoms with Crippen molar-refractivity contribution in [1.29, 1.82) is 0 Å². The summed E-state index contributed by atoms with van der Waals surface area (Å²) in [5.41, 5.74) is 6.09. The van der Waals surface area contributed by atoms with E-state index in [9.17, 15) is 0 Å². The van der Waals surface area contributed by atoms with E-state index in [1.807, 2.05) is 11.3 Å². The molecular weight excluding hydrogens is 458 g/mol. The smallest absolute Gasteiger partial charge is 0.0963 e. The van der Waals surface area contributed by atoms with E-state index < -0.39 is 0 Å². The van der Waals surface area contributed by atoms with Crippen LogP contribution in [0.2, 0.25) is 0 Å². The summed E-state index contributed by atoms with van der Waals surface area (Å²) in [7, 11) is 0. The Morgan fingerprint density at radius 3 is 2.28 bits per heavy atom. The SMILES string of the molecule is CC1(C)CCC(C)(C)c2cc(-c3csc(C4CCCC(CCCCCCCCCO)CC4)n3)ccc21. The van der Waals surface area contributed by atoms with Gasteiger partial charge in [0.1, 0.15) is 0 Å². The van der Waals surface area contributed by atoms with Crippen LogP contribution in [0.5, 0.6) is 0 Å². The monoisotopic (exact) mass is 509 g/mol. The molecule has 200 valence electrons. The fourth-order valence-electron chi connectivity index (χ4n) is 6.70. The maximum absolute atomic E-state index is 8.89. The maximum Gasteiger partial charge on any atom is 0.0963 e. The third-order valence-electron chi connectivity index (χ3n) is 9.38. The highest BCUT2D eigenvalue weighted by atomic mass is 32.1. The molecule has 2 nitrogen and oxygen atoms in total. The second-order valence-electron chi connectivity index (χ2n) is 13.2. The molecule has 3 heteroatoms. The van der Waals surface area contributed by atoms with E-state index in [0.717, 1.165) is 12.3 Å². The zero-order chi connectivity index (χ0) is 25.6. The summed E-state index contributed by atoms with van der Waals surface area (Å²) in [6.07, 6.45) is 19.8. The standard InChI is InChI=1S/C33H51NOS/c1-32(2)20-21-33(3,4)29-23-27(18-19-28(29)32)30-24-36-31(34-30)26-15-12-14-25(16-17-26)13-10-8-6-5-7-9-11-22-35/h18-19,23-26,35H,5-17,20-22H2,1-4H3. The number of unbranched alkanes of at least 4 members (excludes halogenated alkanes) is 6. The normalized spacial score (nSPS) is 23.2. The Morgan fingerprint density at radius 2 is 1.53 bits per heavy atom. The quantitative estimate of drug-likeness (QED) is 0.241.